The number of carbonyl (C=O) groups is 2. The van der Waals surface area contributed by atoms with Gasteiger partial charge in [-0.2, -0.15) is 0 Å². The summed E-state index contributed by atoms with van der Waals surface area (Å²) in [6.07, 6.45) is 5.90. The first-order valence-corrected chi connectivity index (χ1v) is 11.0. The first kappa shape index (κ1) is 22.0. The van der Waals surface area contributed by atoms with Crippen molar-refractivity contribution in [2.45, 2.75) is 51.1 Å². The molecule has 0 aromatic heterocycles. The molecule has 0 spiro atoms. The molecule has 5 nitrogen and oxygen atoms in total. The summed E-state index contributed by atoms with van der Waals surface area (Å²) in [5.74, 6) is -0.308. The van der Waals surface area contributed by atoms with E-state index in [2.05, 4.69) is 29.2 Å². The first-order chi connectivity index (χ1) is 14.6. The van der Waals surface area contributed by atoms with Gasteiger partial charge in [-0.15, -0.1) is 0 Å². The van der Waals surface area contributed by atoms with Crippen LogP contribution in [-0.4, -0.2) is 47.3 Å². The van der Waals surface area contributed by atoms with Crippen molar-refractivity contribution in [2.75, 3.05) is 19.6 Å². The van der Waals surface area contributed by atoms with E-state index in [-0.39, 0.29) is 18.2 Å². The highest BCUT2D eigenvalue weighted by molar-refractivity contribution is 5.79. The summed E-state index contributed by atoms with van der Waals surface area (Å²) in [5, 5.41) is 0. The van der Waals surface area contributed by atoms with E-state index in [1.165, 1.54) is 18.4 Å². The molecular formula is C25H33N3O2. The van der Waals surface area contributed by atoms with Crippen LogP contribution in [0.15, 0.2) is 60.7 Å². The van der Waals surface area contributed by atoms with E-state index < -0.39 is 0 Å². The lowest BCUT2D eigenvalue weighted by atomic mass is 10.1. The number of nitrogens with zero attached hydrogens (tertiary/aromatic N) is 2. The van der Waals surface area contributed by atoms with Gasteiger partial charge in [0.15, 0.2) is 0 Å². The summed E-state index contributed by atoms with van der Waals surface area (Å²) in [5.41, 5.74) is 7.72. The van der Waals surface area contributed by atoms with Crippen molar-refractivity contribution in [1.82, 2.24) is 9.80 Å². The van der Waals surface area contributed by atoms with Gasteiger partial charge in [0.1, 0.15) is 0 Å². The summed E-state index contributed by atoms with van der Waals surface area (Å²) in [6, 6.07) is 20.8. The van der Waals surface area contributed by atoms with Crippen LogP contribution in [0.3, 0.4) is 0 Å². The molecule has 1 aliphatic carbocycles. The van der Waals surface area contributed by atoms with Gasteiger partial charge < -0.3 is 10.6 Å². The zero-order valence-corrected chi connectivity index (χ0v) is 17.7. The van der Waals surface area contributed by atoms with E-state index in [0.717, 1.165) is 31.4 Å². The van der Waals surface area contributed by atoms with E-state index in [9.17, 15) is 9.59 Å². The van der Waals surface area contributed by atoms with E-state index in [1.807, 2.05) is 36.4 Å². The molecule has 0 aliphatic heterocycles. The smallest absolute Gasteiger partial charge is 0.237 e. The normalized spacial score (nSPS) is 14.2. The van der Waals surface area contributed by atoms with Crippen molar-refractivity contribution in [3.8, 4) is 0 Å². The number of primary amides is 1. The van der Waals surface area contributed by atoms with Gasteiger partial charge in [0.2, 0.25) is 11.8 Å². The molecule has 1 saturated carbocycles. The van der Waals surface area contributed by atoms with Crippen LogP contribution in [0.5, 0.6) is 0 Å². The zero-order chi connectivity index (χ0) is 21.2. The highest BCUT2D eigenvalue weighted by Gasteiger charge is 2.26. The molecule has 0 atom stereocenters. The first-order valence-electron chi connectivity index (χ1n) is 11.0. The van der Waals surface area contributed by atoms with Gasteiger partial charge >= 0.3 is 0 Å². The Morgan fingerprint density at radius 2 is 1.47 bits per heavy atom. The van der Waals surface area contributed by atoms with Crippen molar-refractivity contribution in [3.05, 3.63) is 71.8 Å². The second-order valence-corrected chi connectivity index (χ2v) is 8.16. The predicted molar refractivity (Wildman–Crippen MR) is 120 cm³/mol. The maximum atomic E-state index is 13.3. The Hall–Kier alpha value is -2.66. The Morgan fingerprint density at radius 3 is 2.07 bits per heavy atom. The van der Waals surface area contributed by atoms with Crippen LogP contribution < -0.4 is 5.73 Å². The average molecular weight is 408 g/mol. The molecule has 0 saturated heterocycles. The number of hydrogen-bond donors (Lipinski definition) is 1. The summed E-state index contributed by atoms with van der Waals surface area (Å²) in [4.78, 5) is 28.7. The van der Waals surface area contributed by atoms with Crippen molar-refractivity contribution in [3.63, 3.8) is 0 Å². The van der Waals surface area contributed by atoms with E-state index in [4.69, 9.17) is 5.73 Å². The predicted octanol–water partition coefficient (Wildman–Crippen LogP) is 3.38. The topological polar surface area (TPSA) is 66.6 Å². The van der Waals surface area contributed by atoms with E-state index in [0.29, 0.717) is 25.7 Å². The van der Waals surface area contributed by atoms with E-state index in [1.54, 1.807) is 4.90 Å². The quantitative estimate of drug-likeness (QED) is 0.621. The molecule has 160 valence electrons. The number of hydrogen-bond acceptors (Lipinski definition) is 3. The van der Waals surface area contributed by atoms with Crippen molar-refractivity contribution in [1.29, 1.82) is 0 Å². The molecule has 0 bridgehead atoms. The lowest BCUT2D eigenvalue weighted by Crippen LogP contribution is -2.45. The van der Waals surface area contributed by atoms with Crippen LogP contribution in [0.4, 0.5) is 0 Å². The fraction of sp³-hybridized carbons (Fsp3) is 0.440. The lowest BCUT2D eigenvalue weighted by molar-refractivity contribution is -0.134. The summed E-state index contributed by atoms with van der Waals surface area (Å²) in [7, 11) is 0. The minimum atomic E-state index is -0.377. The summed E-state index contributed by atoms with van der Waals surface area (Å²) >= 11 is 0. The molecule has 1 fully saturated rings. The van der Waals surface area contributed by atoms with Crippen molar-refractivity contribution in [2.24, 2.45) is 5.73 Å². The SMILES string of the molecule is NC(=O)CCN(Cc1ccccc1)C(=O)CN(CCc1ccccc1)C1CCCC1. The van der Waals surface area contributed by atoms with Crippen LogP contribution in [0.25, 0.3) is 0 Å². The van der Waals surface area contributed by atoms with Gasteiger partial charge in [0.05, 0.1) is 6.54 Å². The molecule has 0 heterocycles. The van der Waals surface area contributed by atoms with Gasteiger partial charge in [-0.1, -0.05) is 73.5 Å². The Morgan fingerprint density at radius 1 is 0.867 bits per heavy atom. The van der Waals surface area contributed by atoms with Gasteiger partial charge in [-0.05, 0) is 30.4 Å². The number of carbonyl (C=O) groups excluding carboxylic acids is 2. The number of benzene rings is 2. The van der Waals surface area contributed by atoms with Gasteiger partial charge in [0, 0.05) is 32.1 Å². The summed E-state index contributed by atoms with van der Waals surface area (Å²) in [6.45, 7) is 2.13. The fourth-order valence-corrected chi connectivity index (χ4v) is 4.19. The Bertz CT molecular complexity index is 789. The zero-order valence-electron chi connectivity index (χ0n) is 17.7. The molecule has 2 N–H and O–H groups in total. The number of nitrogens with two attached hydrogens (primary N) is 1. The molecule has 5 heteroatoms. The Labute approximate surface area is 179 Å². The van der Waals surface area contributed by atoms with Gasteiger partial charge in [0.25, 0.3) is 0 Å². The molecule has 3 rings (SSSR count). The largest absolute Gasteiger partial charge is 0.370 e. The minimum absolute atomic E-state index is 0.0695. The Balaban J connectivity index is 1.66. The molecular weight excluding hydrogens is 374 g/mol. The monoisotopic (exact) mass is 407 g/mol. The van der Waals surface area contributed by atoms with Crippen LogP contribution in [0, 0.1) is 0 Å². The van der Waals surface area contributed by atoms with Crippen molar-refractivity contribution >= 4 is 11.8 Å². The van der Waals surface area contributed by atoms with Crippen LogP contribution in [-0.2, 0) is 22.6 Å². The third kappa shape index (κ3) is 6.99. The van der Waals surface area contributed by atoms with Crippen LogP contribution in [0.1, 0.15) is 43.2 Å². The second-order valence-electron chi connectivity index (χ2n) is 8.16. The van der Waals surface area contributed by atoms with Crippen LogP contribution in [0.2, 0.25) is 0 Å². The average Bonchev–Trinajstić information content (AvgIpc) is 3.30. The third-order valence-electron chi connectivity index (χ3n) is 5.91. The third-order valence-corrected chi connectivity index (χ3v) is 5.91. The maximum absolute atomic E-state index is 13.3. The standard InChI is InChI=1S/C25H33N3O2/c26-24(29)16-18-28(19-22-11-5-2-6-12-22)25(30)20-27(23-13-7-8-14-23)17-15-21-9-3-1-4-10-21/h1-6,9-12,23H,7-8,13-20H2,(H2,26,29). The molecule has 30 heavy (non-hydrogen) atoms. The Kier molecular flexibility index (Phi) is 8.45. The summed E-state index contributed by atoms with van der Waals surface area (Å²) < 4.78 is 0. The highest BCUT2D eigenvalue weighted by Crippen LogP contribution is 2.24. The second kappa shape index (κ2) is 11.5. The molecule has 0 unspecified atom stereocenters. The van der Waals surface area contributed by atoms with Gasteiger partial charge in [-0.3, -0.25) is 14.5 Å². The minimum Gasteiger partial charge on any atom is -0.370 e. The number of rotatable bonds is 11. The molecule has 1 aliphatic rings. The number of amides is 2. The molecule has 2 aromatic carbocycles. The van der Waals surface area contributed by atoms with Gasteiger partial charge in [-0.25, -0.2) is 0 Å². The molecule has 2 aromatic rings. The lowest BCUT2D eigenvalue weighted by Gasteiger charge is -2.31. The van der Waals surface area contributed by atoms with Crippen LogP contribution >= 0.6 is 0 Å². The molecule has 0 radical (unpaired) electrons. The maximum Gasteiger partial charge on any atom is 0.237 e. The fourth-order valence-electron chi connectivity index (χ4n) is 4.19. The molecule has 2 amide bonds. The van der Waals surface area contributed by atoms with Crippen molar-refractivity contribution < 1.29 is 9.59 Å². The van der Waals surface area contributed by atoms with E-state index >= 15 is 0 Å². The highest BCUT2D eigenvalue weighted by atomic mass is 16.2.